The van der Waals surface area contributed by atoms with Gasteiger partial charge in [-0.25, -0.2) is 0 Å². The van der Waals surface area contributed by atoms with Gasteiger partial charge in [-0.1, -0.05) is 13.8 Å². The molecule has 0 amide bonds. The van der Waals surface area contributed by atoms with Crippen LogP contribution in [-0.2, 0) is 6.54 Å². The Kier molecular flexibility index (Phi) is 5.64. The maximum absolute atomic E-state index is 5.50. The Balaban J connectivity index is 2.43. The molecule has 0 bridgehead atoms. The highest BCUT2D eigenvalue weighted by Gasteiger charge is 2.24. The largest absolute Gasteiger partial charge is 0.496 e. The van der Waals surface area contributed by atoms with Crippen LogP contribution in [0.5, 0.6) is 11.5 Å². The zero-order chi connectivity index (χ0) is 15.2. The van der Waals surface area contributed by atoms with Gasteiger partial charge >= 0.3 is 0 Å². The Morgan fingerprint density at radius 3 is 2.71 bits per heavy atom. The second kappa shape index (κ2) is 7.47. The number of methoxy groups -OCH3 is 2. The molecule has 116 valence electrons. The SMILES string of the molecule is CCCn1ncc(OC)c1C(NCC)c1cc(OC)cs1. The van der Waals surface area contributed by atoms with Crippen molar-refractivity contribution in [1.82, 2.24) is 15.1 Å². The predicted molar refractivity (Wildman–Crippen MR) is 85.5 cm³/mol. The summed E-state index contributed by atoms with van der Waals surface area (Å²) in [7, 11) is 3.38. The first kappa shape index (κ1) is 15.9. The van der Waals surface area contributed by atoms with Crippen molar-refractivity contribution < 1.29 is 9.47 Å². The minimum absolute atomic E-state index is 0.0629. The summed E-state index contributed by atoms with van der Waals surface area (Å²) in [5.41, 5.74) is 1.07. The van der Waals surface area contributed by atoms with Crippen molar-refractivity contribution >= 4 is 11.3 Å². The number of rotatable bonds is 8. The zero-order valence-corrected chi connectivity index (χ0v) is 13.9. The molecule has 0 aliphatic heterocycles. The molecule has 0 saturated heterocycles. The molecule has 0 fully saturated rings. The van der Waals surface area contributed by atoms with E-state index >= 15 is 0 Å². The number of ether oxygens (including phenoxy) is 2. The molecule has 5 nitrogen and oxygen atoms in total. The fourth-order valence-corrected chi connectivity index (χ4v) is 3.28. The van der Waals surface area contributed by atoms with Gasteiger partial charge in [0.05, 0.1) is 26.5 Å². The summed E-state index contributed by atoms with van der Waals surface area (Å²) in [4.78, 5) is 1.20. The normalized spacial score (nSPS) is 12.4. The molecule has 0 aliphatic rings. The van der Waals surface area contributed by atoms with Gasteiger partial charge < -0.3 is 14.8 Å². The van der Waals surface area contributed by atoms with Crippen LogP contribution in [0, 0.1) is 0 Å². The van der Waals surface area contributed by atoms with Crippen molar-refractivity contribution in [2.24, 2.45) is 0 Å². The van der Waals surface area contributed by atoms with Gasteiger partial charge in [-0.05, 0) is 19.0 Å². The molecule has 1 atom stereocenters. The summed E-state index contributed by atoms with van der Waals surface area (Å²) in [5, 5.41) is 10.0. The summed E-state index contributed by atoms with van der Waals surface area (Å²) in [6, 6.07) is 2.13. The lowest BCUT2D eigenvalue weighted by Crippen LogP contribution is -2.24. The average molecular weight is 309 g/mol. The molecule has 2 rings (SSSR count). The van der Waals surface area contributed by atoms with Gasteiger partial charge in [-0.2, -0.15) is 5.10 Å². The van der Waals surface area contributed by atoms with Crippen LogP contribution >= 0.6 is 11.3 Å². The Morgan fingerprint density at radius 2 is 2.14 bits per heavy atom. The molecule has 0 radical (unpaired) electrons. The zero-order valence-electron chi connectivity index (χ0n) is 13.0. The van der Waals surface area contributed by atoms with Crippen molar-refractivity contribution in [3.63, 3.8) is 0 Å². The summed E-state index contributed by atoms with van der Waals surface area (Å²) in [6.07, 6.45) is 2.82. The molecule has 1 N–H and O–H groups in total. The average Bonchev–Trinajstić information content (AvgIpc) is 3.12. The van der Waals surface area contributed by atoms with Crippen LogP contribution in [0.1, 0.15) is 36.9 Å². The van der Waals surface area contributed by atoms with E-state index in [1.54, 1.807) is 31.8 Å². The molecule has 6 heteroatoms. The molecular formula is C15H23N3O2S. The highest BCUT2D eigenvalue weighted by atomic mass is 32.1. The molecule has 0 aromatic carbocycles. The smallest absolute Gasteiger partial charge is 0.161 e. The first-order valence-corrected chi connectivity index (χ1v) is 8.08. The standard InChI is InChI=1S/C15H23N3O2S/c1-5-7-18-15(12(20-4)9-17-18)14(16-6-2)13-8-11(19-3)10-21-13/h8-10,14,16H,5-7H2,1-4H3. The second-order valence-corrected chi connectivity index (χ2v) is 5.64. The van der Waals surface area contributed by atoms with Gasteiger partial charge in [-0.3, -0.25) is 4.68 Å². The van der Waals surface area contributed by atoms with E-state index in [1.807, 2.05) is 10.1 Å². The van der Waals surface area contributed by atoms with Crippen LogP contribution in [0.25, 0.3) is 0 Å². The van der Waals surface area contributed by atoms with Crippen LogP contribution in [0.4, 0.5) is 0 Å². The van der Waals surface area contributed by atoms with Crippen molar-refractivity contribution in [2.45, 2.75) is 32.9 Å². The van der Waals surface area contributed by atoms with Gasteiger partial charge in [0, 0.05) is 16.8 Å². The van der Waals surface area contributed by atoms with Gasteiger partial charge in [0.1, 0.15) is 11.4 Å². The number of hydrogen-bond donors (Lipinski definition) is 1. The fraction of sp³-hybridized carbons (Fsp3) is 0.533. The second-order valence-electron chi connectivity index (χ2n) is 4.70. The molecule has 1 unspecified atom stereocenters. The van der Waals surface area contributed by atoms with Crippen LogP contribution in [0.3, 0.4) is 0 Å². The minimum atomic E-state index is 0.0629. The third-order valence-corrected chi connectivity index (χ3v) is 4.27. The summed E-state index contributed by atoms with van der Waals surface area (Å²) >= 11 is 1.68. The Labute approximate surface area is 129 Å². The predicted octanol–water partition coefficient (Wildman–Crippen LogP) is 3.07. The van der Waals surface area contributed by atoms with E-state index in [9.17, 15) is 0 Å². The quantitative estimate of drug-likeness (QED) is 0.814. The number of thiophene rings is 1. The number of nitrogens with zero attached hydrogens (tertiary/aromatic N) is 2. The summed E-state index contributed by atoms with van der Waals surface area (Å²) < 4.78 is 12.8. The van der Waals surface area contributed by atoms with E-state index < -0.39 is 0 Å². The lowest BCUT2D eigenvalue weighted by molar-refractivity contribution is 0.398. The monoisotopic (exact) mass is 309 g/mol. The highest BCUT2D eigenvalue weighted by molar-refractivity contribution is 7.10. The van der Waals surface area contributed by atoms with Gasteiger partial charge in [0.2, 0.25) is 0 Å². The van der Waals surface area contributed by atoms with E-state index in [1.165, 1.54) is 4.88 Å². The lowest BCUT2D eigenvalue weighted by atomic mass is 10.1. The molecule has 0 spiro atoms. The molecule has 2 aromatic heterocycles. The van der Waals surface area contributed by atoms with Crippen LogP contribution in [0.15, 0.2) is 17.6 Å². The van der Waals surface area contributed by atoms with Gasteiger partial charge in [0.25, 0.3) is 0 Å². The molecule has 21 heavy (non-hydrogen) atoms. The summed E-state index contributed by atoms with van der Waals surface area (Å²) in [6.45, 7) is 5.99. The first-order valence-electron chi connectivity index (χ1n) is 7.20. The third-order valence-electron chi connectivity index (χ3n) is 3.30. The van der Waals surface area contributed by atoms with E-state index in [0.717, 1.165) is 36.7 Å². The lowest BCUT2D eigenvalue weighted by Gasteiger charge is -2.19. The van der Waals surface area contributed by atoms with Gasteiger partial charge in [-0.15, -0.1) is 11.3 Å². The van der Waals surface area contributed by atoms with Crippen LogP contribution in [-0.4, -0.2) is 30.5 Å². The highest BCUT2D eigenvalue weighted by Crippen LogP contribution is 2.35. The first-order chi connectivity index (χ1) is 10.2. The molecule has 2 aromatic rings. The van der Waals surface area contributed by atoms with Crippen molar-refractivity contribution in [2.75, 3.05) is 20.8 Å². The molecule has 2 heterocycles. The summed E-state index contributed by atoms with van der Waals surface area (Å²) in [5.74, 6) is 1.71. The molecule has 0 aliphatic carbocycles. The van der Waals surface area contributed by atoms with E-state index in [-0.39, 0.29) is 6.04 Å². The van der Waals surface area contributed by atoms with Crippen LogP contribution in [0.2, 0.25) is 0 Å². The van der Waals surface area contributed by atoms with Crippen molar-refractivity contribution in [1.29, 1.82) is 0 Å². The fourth-order valence-electron chi connectivity index (χ4n) is 2.35. The maximum Gasteiger partial charge on any atom is 0.161 e. The van der Waals surface area contributed by atoms with E-state index in [4.69, 9.17) is 9.47 Å². The molecule has 0 saturated carbocycles. The van der Waals surface area contributed by atoms with E-state index in [2.05, 4.69) is 30.3 Å². The third kappa shape index (κ3) is 3.39. The maximum atomic E-state index is 5.50. The van der Waals surface area contributed by atoms with Crippen LogP contribution < -0.4 is 14.8 Å². The Morgan fingerprint density at radius 1 is 1.33 bits per heavy atom. The number of aryl methyl sites for hydroxylation is 1. The number of aromatic nitrogens is 2. The van der Waals surface area contributed by atoms with Crippen molar-refractivity contribution in [3.05, 3.63) is 28.2 Å². The number of nitrogens with one attached hydrogen (secondary N) is 1. The minimum Gasteiger partial charge on any atom is -0.496 e. The topological polar surface area (TPSA) is 48.3 Å². The van der Waals surface area contributed by atoms with Crippen molar-refractivity contribution in [3.8, 4) is 11.5 Å². The number of hydrogen-bond acceptors (Lipinski definition) is 5. The Hall–Kier alpha value is -1.53. The Bertz CT molecular complexity index is 565. The van der Waals surface area contributed by atoms with E-state index in [0.29, 0.717) is 0 Å². The molecular weight excluding hydrogens is 286 g/mol. The van der Waals surface area contributed by atoms with Gasteiger partial charge in [0.15, 0.2) is 5.75 Å².